The Bertz CT molecular complexity index is 615. The molecule has 0 aliphatic heterocycles. The van der Waals surface area contributed by atoms with E-state index < -0.39 is 0 Å². The molecule has 0 fully saturated rings. The first-order valence-electron chi connectivity index (χ1n) is 6.41. The van der Waals surface area contributed by atoms with Gasteiger partial charge in [0.25, 0.3) is 0 Å². The lowest BCUT2D eigenvalue weighted by atomic mass is 10.1. The van der Waals surface area contributed by atoms with Gasteiger partial charge in [0.15, 0.2) is 0 Å². The van der Waals surface area contributed by atoms with Crippen LogP contribution in [0.3, 0.4) is 0 Å². The highest BCUT2D eigenvalue weighted by molar-refractivity contribution is 9.11. The maximum atomic E-state index is 4.41. The minimum absolute atomic E-state index is 0.647. The fourth-order valence-electron chi connectivity index (χ4n) is 1.73. The first-order valence-corrected chi connectivity index (χ1v) is 10.2. The minimum Gasteiger partial charge on any atom is -0.154 e. The molecule has 2 aromatic carbocycles. The van der Waals surface area contributed by atoms with Gasteiger partial charge in [-0.3, -0.25) is 0 Å². The fourth-order valence-corrected chi connectivity index (χ4v) is 3.13. The Morgan fingerprint density at radius 2 is 0.955 bits per heavy atom. The highest BCUT2D eigenvalue weighted by Gasteiger charge is 2.04. The van der Waals surface area contributed by atoms with Crippen LogP contribution in [0.15, 0.2) is 67.7 Å². The molecule has 0 aromatic heterocycles. The van der Waals surface area contributed by atoms with Gasteiger partial charge < -0.3 is 0 Å². The van der Waals surface area contributed by atoms with Crippen LogP contribution in [0.5, 0.6) is 0 Å². The molecule has 0 saturated heterocycles. The summed E-state index contributed by atoms with van der Waals surface area (Å²) in [4.78, 5) is 0. The van der Waals surface area contributed by atoms with Crippen molar-refractivity contribution in [1.82, 2.24) is 0 Å². The largest absolute Gasteiger partial charge is 0.154 e. The molecule has 0 aliphatic rings. The minimum atomic E-state index is 0.647. The predicted octanol–water partition coefficient (Wildman–Crippen LogP) is 6.19. The zero-order valence-electron chi connectivity index (χ0n) is 11.4. The van der Waals surface area contributed by atoms with E-state index in [1.54, 1.807) is 0 Å². The van der Waals surface area contributed by atoms with Gasteiger partial charge in [0.05, 0.1) is 11.4 Å². The van der Waals surface area contributed by atoms with Crippen LogP contribution >= 0.6 is 63.7 Å². The topological polar surface area (TPSA) is 24.7 Å². The number of benzene rings is 2. The van der Waals surface area contributed by atoms with E-state index in [1.807, 2.05) is 48.5 Å². The molecule has 0 unspecified atom stereocenters. The molecule has 22 heavy (non-hydrogen) atoms. The summed E-state index contributed by atoms with van der Waals surface area (Å²) in [5.74, 6) is 0. The molecular weight excluding hydrogens is 540 g/mol. The standard InChI is InChI=1S/C16H12Br4N2/c17-9-15(11-1-5-13(19)6-2-11)21-22-16(10-18)12-3-7-14(20)8-4-12/h1-8H,9-10H2. The van der Waals surface area contributed by atoms with Crippen molar-refractivity contribution in [2.75, 3.05) is 10.7 Å². The molecule has 2 nitrogen and oxygen atoms in total. The Balaban J connectivity index is 2.31. The highest BCUT2D eigenvalue weighted by atomic mass is 79.9. The van der Waals surface area contributed by atoms with Crippen molar-refractivity contribution < 1.29 is 0 Å². The Morgan fingerprint density at radius 3 is 1.23 bits per heavy atom. The normalized spacial score (nSPS) is 12.5. The Kier molecular flexibility index (Phi) is 7.47. The van der Waals surface area contributed by atoms with Gasteiger partial charge >= 0.3 is 0 Å². The molecule has 0 atom stereocenters. The Hall–Kier alpha value is -0.300. The van der Waals surface area contributed by atoms with Crippen LogP contribution in [0.25, 0.3) is 0 Å². The van der Waals surface area contributed by atoms with Crippen LogP contribution in [0, 0.1) is 0 Å². The van der Waals surface area contributed by atoms with Crippen molar-refractivity contribution in [2.45, 2.75) is 0 Å². The van der Waals surface area contributed by atoms with Gasteiger partial charge in [0.1, 0.15) is 0 Å². The third-order valence-electron chi connectivity index (χ3n) is 2.90. The van der Waals surface area contributed by atoms with Crippen molar-refractivity contribution in [3.8, 4) is 0 Å². The Labute approximate surface area is 163 Å². The van der Waals surface area contributed by atoms with Crippen LogP contribution < -0.4 is 0 Å². The third-order valence-corrected chi connectivity index (χ3v) is 5.02. The number of hydrogen-bond acceptors (Lipinski definition) is 2. The van der Waals surface area contributed by atoms with Crippen molar-refractivity contribution in [1.29, 1.82) is 0 Å². The molecule has 114 valence electrons. The van der Waals surface area contributed by atoms with E-state index in [4.69, 9.17) is 0 Å². The maximum absolute atomic E-state index is 4.41. The van der Waals surface area contributed by atoms with E-state index in [9.17, 15) is 0 Å². The first-order chi connectivity index (χ1) is 10.6. The lowest BCUT2D eigenvalue weighted by Gasteiger charge is -2.04. The van der Waals surface area contributed by atoms with Crippen molar-refractivity contribution >= 4 is 75.1 Å². The van der Waals surface area contributed by atoms with E-state index in [0.717, 1.165) is 31.5 Å². The van der Waals surface area contributed by atoms with Gasteiger partial charge in [-0.15, -0.1) is 0 Å². The van der Waals surface area contributed by atoms with Crippen LogP contribution in [-0.4, -0.2) is 22.1 Å². The molecule has 0 bridgehead atoms. The lowest BCUT2D eigenvalue weighted by Crippen LogP contribution is -2.05. The molecule has 0 aliphatic carbocycles. The van der Waals surface area contributed by atoms with Gasteiger partial charge in [-0.1, -0.05) is 88.0 Å². The zero-order valence-corrected chi connectivity index (χ0v) is 17.8. The van der Waals surface area contributed by atoms with Gasteiger partial charge in [-0.05, 0) is 35.4 Å². The van der Waals surface area contributed by atoms with Gasteiger partial charge in [0, 0.05) is 19.6 Å². The lowest BCUT2D eigenvalue weighted by molar-refractivity contribution is 1.22. The van der Waals surface area contributed by atoms with Gasteiger partial charge in [0.2, 0.25) is 0 Å². The second kappa shape index (κ2) is 9.11. The van der Waals surface area contributed by atoms with Crippen molar-refractivity contribution in [2.24, 2.45) is 10.2 Å². The number of nitrogens with zero attached hydrogens (tertiary/aromatic N) is 2. The van der Waals surface area contributed by atoms with Crippen LogP contribution in [0.1, 0.15) is 11.1 Å². The van der Waals surface area contributed by atoms with Crippen molar-refractivity contribution in [3.63, 3.8) is 0 Å². The predicted molar refractivity (Wildman–Crippen MR) is 109 cm³/mol. The molecule has 2 rings (SSSR count). The maximum Gasteiger partial charge on any atom is 0.0808 e. The summed E-state index contributed by atoms with van der Waals surface area (Å²) in [5, 5.41) is 10.1. The first kappa shape index (κ1) is 18.0. The SMILES string of the molecule is BrCC(=NN=C(CBr)c1ccc(Br)cc1)c1ccc(Br)cc1. The molecule has 2 aromatic rings. The molecule has 0 saturated carbocycles. The highest BCUT2D eigenvalue weighted by Crippen LogP contribution is 2.14. The van der Waals surface area contributed by atoms with Gasteiger partial charge in [-0.25, -0.2) is 0 Å². The quantitative estimate of drug-likeness (QED) is 0.240. The molecule has 0 N–H and O–H groups in total. The zero-order chi connectivity index (χ0) is 15.9. The van der Waals surface area contributed by atoms with Crippen LogP contribution in [0.2, 0.25) is 0 Å². The molecule has 0 heterocycles. The number of hydrogen-bond donors (Lipinski definition) is 0. The number of alkyl halides is 2. The summed E-state index contributed by atoms with van der Waals surface area (Å²) >= 11 is 13.8. The fraction of sp³-hybridized carbons (Fsp3) is 0.125. The van der Waals surface area contributed by atoms with Gasteiger partial charge in [-0.2, -0.15) is 10.2 Å². The summed E-state index contributed by atoms with van der Waals surface area (Å²) in [7, 11) is 0. The smallest absolute Gasteiger partial charge is 0.0808 e. The average molecular weight is 552 g/mol. The molecule has 6 heteroatoms. The second-order valence-corrected chi connectivity index (χ2v) is 7.33. The van der Waals surface area contributed by atoms with Crippen molar-refractivity contribution in [3.05, 3.63) is 68.6 Å². The van der Waals surface area contributed by atoms with Crippen LogP contribution in [0.4, 0.5) is 0 Å². The third kappa shape index (κ3) is 5.11. The van der Waals surface area contributed by atoms with Crippen LogP contribution in [-0.2, 0) is 0 Å². The van der Waals surface area contributed by atoms with E-state index in [1.165, 1.54) is 0 Å². The summed E-state index contributed by atoms with van der Waals surface area (Å²) < 4.78 is 2.09. The summed E-state index contributed by atoms with van der Waals surface area (Å²) in [6.07, 6.45) is 0. The van der Waals surface area contributed by atoms with E-state index >= 15 is 0 Å². The molecule has 0 radical (unpaired) electrons. The number of rotatable bonds is 5. The number of halogens is 4. The monoisotopic (exact) mass is 548 g/mol. The molecule has 0 spiro atoms. The summed E-state index contributed by atoms with van der Waals surface area (Å²) in [5.41, 5.74) is 3.88. The molecular formula is C16H12Br4N2. The second-order valence-electron chi connectivity index (χ2n) is 4.37. The van der Waals surface area contributed by atoms with E-state index in [-0.39, 0.29) is 0 Å². The Morgan fingerprint density at radius 1 is 0.636 bits per heavy atom. The molecule has 0 amide bonds. The van der Waals surface area contributed by atoms with E-state index in [0.29, 0.717) is 10.7 Å². The average Bonchev–Trinajstić information content (AvgIpc) is 2.54. The van der Waals surface area contributed by atoms with E-state index in [2.05, 4.69) is 73.9 Å². The summed E-state index contributed by atoms with van der Waals surface area (Å²) in [6.45, 7) is 0. The summed E-state index contributed by atoms with van der Waals surface area (Å²) in [6, 6.07) is 16.1.